The zero-order chi connectivity index (χ0) is 26.9. The van der Waals surface area contributed by atoms with Crippen LogP contribution in [0.3, 0.4) is 0 Å². The molecule has 2 aliphatic heterocycles. The normalized spacial score (nSPS) is 19.4. The fourth-order valence-electron chi connectivity index (χ4n) is 5.50. The molecule has 3 N–H and O–H groups in total. The molecule has 0 radical (unpaired) electrons. The van der Waals surface area contributed by atoms with Gasteiger partial charge in [-0.2, -0.15) is 0 Å². The van der Waals surface area contributed by atoms with E-state index >= 15 is 0 Å². The van der Waals surface area contributed by atoms with Crippen molar-refractivity contribution in [2.45, 2.75) is 18.6 Å². The molecule has 4 heterocycles. The second-order valence-electron chi connectivity index (χ2n) is 9.69. The van der Waals surface area contributed by atoms with E-state index in [4.69, 9.17) is 15.3 Å². The summed E-state index contributed by atoms with van der Waals surface area (Å²) in [6.07, 6.45) is 5.76. The highest BCUT2D eigenvalue weighted by molar-refractivity contribution is 6.02. The second kappa shape index (κ2) is 10.5. The number of piperidine rings is 1. The highest BCUT2D eigenvalue weighted by atomic mass is 19.1. The van der Waals surface area contributed by atoms with Gasteiger partial charge in [-0.25, -0.2) is 8.78 Å². The van der Waals surface area contributed by atoms with Crippen LogP contribution in [0.4, 0.5) is 20.2 Å². The molecule has 10 heteroatoms. The molecule has 2 fully saturated rings. The standard InChI is InChI=1S/C29H28F2N6O2/c1-38-36-14-18-4-6-34-28(27(18)32)17-2-3-24-22(12-17)29(37-8-5-25-26(16-37)39-9-7-33-25)23(15-35-24)19-10-20(30)13-21(31)11-19/h2-4,6,10-15,25-26,33H,5,7-9,16,32H2,1H3/t25?,26-/m1/s1. The first-order chi connectivity index (χ1) is 19.0. The van der Waals surface area contributed by atoms with Crippen molar-refractivity contribution in [3.8, 4) is 22.4 Å². The van der Waals surface area contributed by atoms with Gasteiger partial charge < -0.3 is 25.5 Å². The number of anilines is 2. The van der Waals surface area contributed by atoms with Gasteiger partial charge in [0.25, 0.3) is 0 Å². The van der Waals surface area contributed by atoms with E-state index < -0.39 is 11.6 Å². The first-order valence-electron chi connectivity index (χ1n) is 12.8. The molecule has 2 aromatic carbocycles. The van der Waals surface area contributed by atoms with Crippen LogP contribution in [0.25, 0.3) is 33.3 Å². The third-order valence-electron chi connectivity index (χ3n) is 7.32. The lowest BCUT2D eigenvalue weighted by Crippen LogP contribution is -2.57. The van der Waals surface area contributed by atoms with Gasteiger partial charge in [-0.1, -0.05) is 11.2 Å². The molecule has 4 aromatic rings. The summed E-state index contributed by atoms with van der Waals surface area (Å²) in [5.41, 5.74) is 11.6. The molecule has 0 spiro atoms. The summed E-state index contributed by atoms with van der Waals surface area (Å²) in [5.74, 6) is -1.29. The van der Waals surface area contributed by atoms with Gasteiger partial charge in [0.05, 0.1) is 41.5 Å². The molecule has 1 unspecified atom stereocenters. The lowest BCUT2D eigenvalue weighted by Gasteiger charge is -2.43. The summed E-state index contributed by atoms with van der Waals surface area (Å²) in [6.45, 7) is 2.86. The van der Waals surface area contributed by atoms with E-state index in [0.717, 1.165) is 47.7 Å². The minimum absolute atomic E-state index is 0.00468. The summed E-state index contributed by atoms with van der Waals surface area (Å²) >= 11 is 0. The van der Waals surface area contributed by atoms with Crippen molar-refractivity contribution in [3.63, 3.8) is 0 Å². The Bertz CT molecular complexity index is 1540. The number of halogens is 2. The van der Waals surface area contributed by atoms with Crippen LogP contribution in [0.2, 0.25) is 0 Å². The first-order valence-corrected chi connectivity index (χ1v) is 12.8. The monoisotopic (exact) mass is 530 g/mol. The van der Waals surface area contributed by atoms with Crippen molar-refractivity contribution in [3.05, 3.63) is 72.1 Å². The van der Waals surface area contributed by atoms with Crippen molar-refractivity contribution in [2.24, 2.45) is 5.16 Å². The Morgan fingerprint density at radius 1 is 1.13 bits per heavy atom. The Morgan fingerprint density at radius 3 is 2.79 bits per heavy atom. The van der Waals surface area contributed by atoms with Gasteiger partial charge in [0, 0.05) is 66.2 Å². The van der Waals surface area contributed by atoms with E-state index in [1.54, 1.807) is 18.5 Å². The number of ether oxygens (including phenoxy) is 1. The molecule has 2 saturated heterocycles. The number of nitrogens with one attached hydrogen (secondary N) is 1. The molecular formula is C29H28F2N6O2. The highest BCUT2D eigenvalue weighted by Crippen LogP contribution is 2.40. The van der Waals surface area contributed by atoms with Crippen LogP contribution < -0.4 is 16.0 Å². The molecule has 200 valence electrons. The van der Waals surface area contributed by atoms with Crippen LogP contribution in [0.1, 0.15) is 12.0 Å². The second-order valence-corrected chi connectivity index (χ2v) is 9.69. The van der Waals surface area contributed by atoms with Crippen LogP contribution in [-0.4, -0.2) is 61.7 Å². The number of benzene rings is 2. The number of oxime groups is 1. The number of nitrogen functional groups attached to an aromatic ring is 1. The van der Waals surface area contributed by atoms with Gasteiger partial charge in [0.15, 0.2) is 0 Å². The number of pyridine rings is 2. The van der Waals surface area contributed by atoms with E-state index in [-0.39, 0.29) is 12.1 Å². The van der Waals surface area contributed by atoms with Crippen LogP contribution in [-0.2, 0) is 9.57 Å². The Labute approximate surface area is 224 Å². The first kappa shape index (κ1) is 25.1. The smallest absolute Gasteiger partial charge is 0.126 e. The Balaban J connectivity index is 1.53. The summed E-state index contributed by atoms with van der Waals surface area (Å²) < 4.78 is 34.8. The van der Waals surface area contributed by atoms with Gasteiger partial charge in [-0.15, -0.1) is 0 Å². The molecule has 0 aliphatic carbocycles. The third-order valence-corrected chi connectivity index (χ3v) is 7.32. The Morgan fingerprint density at radius 2 is 1.97 bits per heavy atom. The number of morpholine rings is 1. The maximum Gasteiger partial charge on any atom is 0.126 e. The fourth-order valence-corrected chi connectivity index (χ4v) is 5.50. The van der Waals surface area contributed by atoms with Crippen molar-refractivity contribution in [2.75, 3.05) is 44.0 Å². The van der Waals surface area contributed by atoms with Crippen molar-refractivity contribution >= 4 is 28.5 Å². The number of nitrogens with zero attached hydrogens (tertiary/aromatic N) is 4. The van der Waals surface area contributed by atoms with Gasteiger partial charge in [-0.3, -0.25) is 9.97 Å². The van der Waals surface area contributed by atoms with E-state index in [0.29, 0.717) is 41.2 Å². The molecule has 0 bridgehead atoms. The maximum absolute atomic E-state index is 14.3. The van der Waals surface area contributed by atoms with Gasteiger partial charge in [-0.05, 0) is 42.3 Å². The molecule has 6 rings (SSSR count). The van der Waals surface area contributed by atoms with Gasteiger partial charge in [0.2, 0.25) is 0 Å². The maximum atomic E-state index is 14.3. The molecular weight excluding hydrogens is 502 g/mol. The minimum Gasteiger partial charge on any atom is -0.399 e. The zero-order valence-corrected chi connectivity index (χ0v) is 21.4. The van der Waals surface area contributed by atoms with Crippen molar-refractivity contribution in [1.29, 1.82) is 0 Å². The molecule has 0 saturated carbocycles. The predicted octanol–water partition coefficient (Wildman–Crippen LogP) is 4.37. The van der Waals surface area contributed by atoms with E-state index in [9.17, 15) is 8.78 Å². The van der Waals surface area contributed by atoms with Crippen LogP contribution in [0.5, 0.6) is 0 Å². The van der Waals surface area contributed by atoms with E-state index in [1.165, 1.54) is 25.5 Å². The number of rotatable bonds is 5. The van der Waals surface area contributed by atoms with Gasteiger partial charge in [0.1, 0.15) is 18.7 Å². The number of fused-ring (bicyclic) bond motifs is 2. The summed E-state index contributed by atoms with van der Waals surface area (Å²) in [7, 11) is 1.46. The van der Waals surface area contributed by atoms with Crippen molar-refractivity contribution < 1.29 is 18.4 Å². The molecule has 2 aliphatic rings. The predicted molar refractivity (Wildman–Crippen MR) is 148 cm³/mol. The van der Waals surface area contributed by atoms with Crippen LogP contribution in [0.15, 0.2) is 60.0 Å². The lowest BCUT2D eigenvalue weighted by atomic mass is 9.95. The van der Waals surface area contributed by atoms with Crippen molar-refractivity contribution in [1.82, 2.24) is 15.3 Å². The molecule has 2 atom stereocenters. The quantitative estimate of drug-likeness (QED) is 0.292. The number of hydrogen-bond donors (Lipinski definition) is 2. The topological polar surface area (TPSA) is 97.9 Å². The average Bonchev–Trinajstić information content (AvgIpc) is 2.95. The summed E-state index contributed by atoms with van der Waals surface area (Å²) in [6, 6.07) is 11.4. The lowest BCUT2D eigenvalue weighted by molar-refractivity contribution is -0.00896. The summed E-state index contributed by atoms with van der Waals surface area (Å²) in [5, 5.41) is 8.20. The average molecular weight is 531 g/mol. The third kappa shape index (κ3) is 4.88. The highest BCUT2D eigenvalue weighted by Gasteiger charge is 2.33. The minimum atomic E-state index is -0.644. The van der Waals surface area contributed by atoms with E-state index in [1.807, 2.05) is 18.2 Å². The Kier molecular flexibility index (Phi) is 6.80. The molecule has 8 nitrogen and oxygen atoms in total. The largest absolute Gasteiger partial charge is 0.399 e. The molecule has 2 aromatic heterocycles. The Hall–Kier alpha value is -4.15. The molecule has 39 heavy (non-hydrogen) atoms. The zero-order valence-electron chi connectivity index (χ0n) is 21.4. The SMILES string of the molecule is CON=Cc1ccnc(-c2ccc3ncc(-c4cc(F)cc(F)c4)c(N4CCC5NCCO[C@@H]5C4)c3c2)c1N. The molecule has 0 amide bonds. The fraction of sp³-hybridized carbons (Fsp3) is 0.276. The van der Waals surface area contributed by atoms with Crippen LogP contribution in [0, 0.1) is 11.6 Å². The summed E-state index contributed by atoms with van der Waals surface area (Å²) in [4.78, 5) is 16.2. The van der Waals surface area contributed by atoms with Crippen LogP contribution >= 0.6 is 0 Å². The van der Waals surface area contributed by atoms with Gasteiger partial charge >= 0.3 is 0 Å². The number of nitrogens with two attached hydrogens (primary N) is 1. The number of aromatic nitrogens is 2. The number of hydrogen-bond acceptors (Lipinski definition) is 8. The van der Waals surface area contributed by atoms with E-state index in [2.05, 4.69) is 25.3 Å².